The second-order valence-corrected chi connectivity index (χ2v) is 5.25. The summed E-state index contributed by atoms with van der Waals surface area (Å²) in [5, 5.41) is 5.51. The second-order valence-electron chi connectivity index (χ2n) is 3.60. The first-order valence-electron chi connectivity index (χ1n) is 5.14. The molecule has 0 aliphatic carbocycles. The van der Waals surface area contributed by atoms with E-state index >= 15 is 0 Å². The standard InChI is InChI=1S/C10H8F3N3O3S/c11-10(12,13)19-8-3-1-2-7(6-8)16-20(17,18)9-4-5-14-15-9/h1-6,16H,(H,14,15). The average molecular weight is 307 g/mol. The van der Waals surface area contributed by atoms with Crippen molar-refractivity contribution >= 4 is 15.7 Å². The molecule has 1 aromatic heterocycles. The lowest BCUT2D eigenvalue weighted by Crippen LogP contribution is -2.17. The number of H-pyrrole nitrogens is 1. The van der Waals surface area contributed by atoms with Crippen molar-refractivity contribution in [3.8, 4) is 5.75 Å². The summed E-state index contributed by atoms with van der Waals surface area (Å²) >= 11 is 0. The Morgan fingerprint density at radius 2 is 2.00 bits per heavy atom. The van der Waals surface area contributed by atoms with Crippen LogP contribution in [-0.2, 0) is 10.0 Å². The Bertz CT molecular complexity index is 683. The smallest absolute Gasteiger partial charge is 0.406 e. The fourth-order valence-electron chi connectivity index (χ4n) is 1.36. The van der Waals surface area contributed by atoms with Crippen LogP contribution < -0.4 is 9.46 Å². The molecule has 0 unspecified atom stereocenters. The van der Waals surface area contributed by atoms with Crippen LogP contribution in [0.1, 0.15) is 0 Å². The molecule has 2 aromatic rings. The molecule has 0 atom stereocenters. The third kappa shape index (κ3) is 3.63. The van der Waals surface area contributed by atoms with Gasteiger partial charge in [-0.1, -0.05) is 6.07 Å². The molecule has 0 saturated heterocycles. The number of halogens is 3. The SMILES string of the molecule is O=S(=O)(Nc1cccc(OC(F)(F)F)c1)c1ccn[nH]1. The zero-order chi connectivity index (χ0) is 14.8. The predicted molar refractivity (Wildman–Crippen MR) is 62.5 cm³/mol. The van der Waals surface area contributed by atoms with E-state index in [1.807, 2.05) is 0 Å². The first kappa shape index (κ1) is 14.2. The molecule has 1 aromatic carbocycles. The average Bonchev–Trinajstić information content (AvgIpc) is 2.80. The van der Waals surface area contributed by atoms with Crippen LogP contribution in [0.4, 0.5) is 18.9 Å². The molecule has 0 saturated carbocycles. The molecule has 108 valence electrons. The lowest BCUT2D eigenvalue weighted by molar-refractivity contribution is -0.274. The number of aromatic amines is 1. The number of benzene rings is 1. The zero-order valence-corrected chi connectivity index (χ0v) is 10.5. The third-order valence-electron chi connectivity index (χ3n) is 2.08. The van der Waals surface area contributed by atoms with Gasteiger partial charge in [-0.15, -0.1) is 13.2 Å². The summed E-state index contributed by atoms with van der Waals surface area (Å²) in [6.07, 6.45) is -3.61. The highest BCUT2D eigenvalue weighted by molar-refractivity contribution is 7.92. The van der Waals surface area contributed by atoms with E-state index in [2.05, 4.69) is 19.7 Å². The maximum atomic E-state index is 12.1. The number of sulfonamides is 1. The lowest BCUT2D eigenvalue weighted by Gasteiger charge is -2.11. The minimum Gasteiger partial charge on any atom is -0.406 e. The van der Waals surface area contributed by atoms with Gasteiger partial charge < -0.3 is 4.74 Å². The first-order chi connectivity index (χ1) is 9.26. The van der Waals surface area contributed by atoms with Gasteiger partial charge in [-0.25, -0.2) is 0 Å². The van der Waals surface area contributed by atoms with Crippen molar-refractivity contribution in [3.63, 3.8) is 0 Å². The second kappa shape index (κ2) is 5.04. The highest BCUT2D eigenvalue weighted by Gasteiger charge is 2.31. The molecule has 6 nitrogen and oxygen atoms in total. The highest BCUT2D eigenvalue weighted by atomic mass is 32.2. The summed E-state index contributed by atoms with van der Waals surface area (Å²) in [6.45, 7) is 0. The summed E-state index contributed by atoms with van der Waals surface area (Å²) in [5.74, 6) is -0.526. The van der Waals surface area contributed by atoms with Crippen molar-refractivity contribution in [1.29, 1.82) is 0 Å². The van der Waals surface area contributed by atoms with Crippen LogP contribution in [0.25, 0.3) is 0 Å². The van der Waals surface area contributed by atoms with Crippen molar-refractivity contribution in [2.75, 3.05) is 4.72 Å². The molecule has 0 amide bonds. The zero-order valence-electron chi connectivity index (χ0n) is 9.68. The monoisotopic (exact) mass is 307 g/mol. The number of hydrogen-bond donors (Lipinski definition) is 2. The Kier molecular flexibility index (Phi) is 3.57. The first-order valence-corrected chi connectivity index (χ1v) is 6.63. The van der Waals surface area contributed by atoms with Crippen LogP contribution in [0, 0.1) is 0 Å². The van der Waals surface area contributed by atoms with E-state index in [4.69, 9.17) is 0 Å². The fraction of sp³-hybridized carbons (Fsp3) is 0.100. The Hall–Kier alpha value is -2.23. The van der Waals surface area contributed by atoms with E-state index in [1.54, 1.807) is 0 Å². The van der Waals surface area contributed by atoms with E-state index in [0.717, 1.165) is 12.1 Å². The maximum Gasteiger partial charge on any atom is 0.573 e. The van der Waals surface area contributed by atoms with E-state index in [0.29, 0.717) is 0 Å². The molecule has 0 spiro atoms. The number of hydrogen-bond acceptors (Lipinski definition) is 4. The minimum absolute atomic E-state index is 0.0682. The molecule has 20 heavy (non-hydrogen) atoms. The van der Waals surface area contributed by atoms with Crippen LogP contribution in [-0.4, -0.2) is 25.0 Å². The fourth-order valence-corrected chi connectivity index (χ4v) is 2.32. The van der Waals surface area contributed by atoms with Crippen molar-refractivity contribution in [1.82, 2.24) is 10.2 Å². The Morgan fingerprint density at radius 1 is 1.25 bits per heavy atom. The van der Waals surface area contributed by atoms with Gasteiger partial charge in [0.15, 0.2) is 5.03 Å². The number of nitrogens with one attached hydrogen (secondary N) is 2. The predicted octanol–water partition coefficient (Wildman–Crippen LogP) is 2.11. The van der Waals surface area contributed by atoms with Gasteiger partial charge in [0.1, 0.15) is 5.75 Å². The Balaban J connectivity index is 2.21. The molecule has 2 N–H and O–H groups in total. The summed E-state index contributed by atoms with van der Waals surface area (Å²) in [6, 6.07) is 5.70. The van der Waals surface area contributed by atoms with Gasteiger partial charge in [0.05, 0.1) is 11.9 Å². The largest absolute Gasteiger partial charge is 0.573 e. The maximum absolute atomic E-state index is 12.1. The Labute approximate surface area is 111 Å². The minimum atomic E-state index is -4.85. The number of alkyl halides is 3. The third-order valence-corrected chi connectivity index (χ3v) is 3.40. The van der Waals surface area contributed by atoms with Gasteiger partial charge >= 0.3 is 6.36 Å². The number of rotatable bonds is 4. The van der Waals surface area contributed by atoms with Gasteiger partial charge in [-0.2, -0.15) is 13.5 Å². The number of aromatic nitrogens is 2. The molecule has 2 rings (SSSR count). The van der Waals surface area contributed by atoms with Gasteiger partial charge in [-0.3, -0.25) is 9.82 Å². The summed E-state index contributed by atoms with van der Waals surface area (Å²) in [5.41, 5.74) is -0.0682. The van der Waals surface area contributed by atoms with Crippen molar-refractivity contribution in [3.05, 3.63) is 36.5 Å². The lowest BCUT2D eigenvalue weighted by atomic mass is 10.3. The van der Waals surface area contributed by atoms with Gasteiger partial charge in [0.2, 0.25) is 0 Å². The summed E-state index contributed by atoms with van der Waals surface area (Å²) in [7, 11) is -3.94. The molecule has 0 fully saturated rings. The number of nitrogens with zero attached hydrogens (tertiary/aromatic N) is 1. The van der Waals surface area contributed by atoms with Crippen LogP contribution in [0.3, 0.4) is 0 Å². The van der Waals surface area contributed by atoms with Gasteiger partial charge in [0.25, 0.3) is 10.0 Å². The van der Waals surface area contributed by atoms with Gasteiger partial charge in [0, 0.05) is 6.07 Å². The van der Waals surface area contributed by atoms with Gasteiger partial charge in [-0.05, 0) is 18.2 Å². The molecule has 0 radical (unpaired) electrons. The van der Waals surface area contributed by atoms with Crippen molar-refractivity contribution < 1.29 is 26.3 Å². The van der Waals surface area contributed by atoms with Crippen LogP contribution >= 0.6 is 0 Å². The molecular formula is C10H8F3N3O3S. The van der Waals surface area contributed by atoms with E-state index < -0.39 is 22.1 Å². The normalized spacial score (nSPS) is 12.2. The van der Waals surface area contributed by atoms with E-state index in [1.165, 1.54) is 24.4 Å². The molecule has 0 aliphatic heterocycles. The van der Waals surface area contributed by atoms with Crippen LogP contribution in [0.2, 0.25) is 0 Å². The number of anilines is 1. The number of ether oxygens (including phenoxy) is 1. The van der Waals surface area contributed by atoms with E-state index in [9.17, 15) is 21.6 Å². The molecule has 10 heteroatoms. The molecule has 0 aliphatic rings. The summed E-state index contributed by atoms with van der Waals surface area (Å²) in [4.78, 5) is 0. The highest BCUT2D eigenvalue weighted by Crippen LogP contribution is 2.25. The summed E-state index contributed by atoms with van der Waals surface area (Å²) < 4.78 is 65.6. The van der Waals surface area contributed by atoms with Crippen molar-refractivity contribution in [2.45, 2.75) is 11.4 Å². The quantitative estimate of drug-likeness (QED) is 0.906. The van der Waals surface area contributed by atoms with Crippen LogP contribution in [0.15, 0.2) is 41.6 Å². The van der Waals surface area contributed by atoms with E-state index in [-0.39, 0.29) is 10.7 Å². The Morgan fingerprint density at radius 3 is 2.60 bits per heavy atom. The van der Waals surface area contributed by atoms with Crippen LogP contribution in [0.5, 0.6) is 5.75 Å². The topological polar surface area (TPSA) is 84.1 Å². The van der Waals surface area contributed by atoms with Crippen molar-refractivity contribution in [2.24, 2.45) is 0 Å². The molecular weight excluding hydrogens is 299 g/mol. The molecule has 0 bridgehead atoms. The molecule has 1 heterocycles.